The molecular formula is C24H29N3O6. The van der Waals surface area contributed by atoms with Crippen molar-refractivity contribution in [3.63, 3.8) is 0 Å². The van der Waals surface area contributed by atoms with Gasteiger partial charge in [-0.05, 0) is 43.2 Å². The van der Waals surface area contributed by atoms with Gasteiger partial charge in [-0.15, -0.1) is 0 Å². The first-order valence-electron chi connectivity index (χ1n) is 10.8. The highest BCUT2D eigenvalue weighted by Gasteiger charge is 2.27. The number of ether oxygens (including phenoxy) is 3. The van der Waals surface area contributed by atoms with Crippen molar-refractivity contribution in [2.24, 2.45) is 5.92 Å². The van der Waals surface area contributed by atoms with Crippen LogP contribution in [-0.4, -0.2) is 62.8 Å². The van der Waals surface area contributed by atoms with Crippen molar-refractivity contribution in [2.45, 2.75) is 12.8 Å². The third kappa shape index (κ3) is 7.80. The maximum absolute atomic E-state index is 12.7. The predicted octanol–water partition coefficient (Wildman–Crippen LogP) is 3.14. The molecule has 3 rings (SSSR count). The lowest BCUT2D eigenvalue weighted by Gasteiger charge is -2.31. The number of likely N-dealkylation sites (tertiary alicyclic amines) is 1. The summed E-state index contributed by atoms with van der Waals surface area (Å²) < 4.78 is 15.3. The Bertz CT molecular complexity index is 929. The SMILES string of the molecule is COCCOC(=O)Nc1cccc(NC(=O)C2CCN(C(=O)COc3ccccc3)CC2)c1. The van der Waals surface area contributed by atoms with Crippen LogP contribution in [0.5, 0.6) is 5.75 Å². The fourth-order valence-electron chi connectivity index (χ4n) is 3.43. The molecule has 33 heavy (non-hydrogen) atoms. The summed E-state index contributed by atoms with van der Waals surface area (Å²) in [7, 11) is 1.52. The zero-order valence-corrected chi connectivity index (χ0v) is 18.6. The Morgan fingerprint density at radius 1 is 0.939 bits per heavy atom. The van der Waals surface area contributed by atoms with Crippen LogP contribution in [0.25, 0.3) is 0 Å². The molecule has 9 heteroatoms. The minimum absolute atomic E-state index is 0.0193. The molecule has 0 saturated carbocycles. The van der Waals surface area contributed by atoms with E-state index in [-0.39, 0.29) is 30.9 Å². The second-order valence-corrected chi connectivity index (χ2v) is 7.58. The monoisotopic (exact) mass is 455 g/mol. The zero-order valence-electron chi connectivity index (χ0n) is 18.6. The van der Waals surface area contributed by atoms with Crippen LogP contribution in [-0.2, 0) is 19.1 Å². The second-order valence-electron chi connectivity index (χ2n) is 7.58. The quantitative estimate of drug-likeness (QED) is 0.563. The fraction of sp³-hybridized carbons (Fsp3) is 0.375. The van der Waals surface area contributed by atoms with Crippen LogP contribution in [0.1, 0.15) is 12.8 Å². The molecule has 1 saturated heterocycles. The molecule has 1 aliphatic rings. The van der Waals surface area contributed by atoms with E-state index in [9.17, 15) is 14.4 Å². The van der Waals surface area contributed by atoms with Gasteiger partial charge in [-0.25, -0.2) is 4.79 Å². The number of amides is 3. The molecule has 0 bridgehead atoms. The summed E-state index contributed by atoms with van der Waals surface area (Å²) >= 11 is 0. The van der Waals surface area contributed by atoms with Crippen molar-refractivity contribution in [1.29, 1.82) is 0 Å². The lowest BCUT2D eigenvalue weighted by Crippen LogP contribution is -2.43. The second kappa shape index (κ2) is 12.4. The molecule has 0 spiro atoms. The van der Waals surface area contributed by atoms with Gasteiger partial charge in [0, 0.05) is 37.5 Å². The summed E-state index contributed by atoms with van der Waals surface area (Å²) in [6.45, 7) is 1.45. The zero-order chi connectivity index (χ0) is 23.5. The number of nitrogens with one attached hydrogen (secondary N) is 2. The highest BCUT2D eigenvalue weighted by molar-refractivity contribution is 5.94. The third-order valence-corrected chi connectivity index (χ3v) is 5.22. The van der Waals surface area contributed by atoms with Gasteiger partial charge in [0.1, 0.15) is 12.4 Å². The van der Waals surface area contributed by atoms with Crippen molar-refractivity contribution in [3.8, 4) is 5.75 Å². The molecule has 0 unspecified atom stereocenters. The van der Waals surface area contributed by atoms with E-state index in [1.807, 2.05) is 18.2 Å². The number of nitrogens with zero attached hydrogens (tertiary/aromatic N) is 1. The summed E-state index contributed by atoms with van der Waals surface area (Å²) in [4.78, 5) is 38.6. The van der Waals surface area contributed by atoms with E-state index in [1.54, 1.807) is 41.3 Å². The first-order chi connectivity index (χ1) is 16.0. The van der Waals surface area contributed by atoms with Crippen molar-refractivity contribution >= 4 is 29.3 Å². The molecule has 0 radical (unpaired) electrons. The number of carbonyl (C=O) groups excluding carboxylic acids is 3. The molecular weight excluding hydrogens is 426 g/mol. The van der Waals surface area contributed by atoms with Crippen molar-refractivity contribution in [2.75, 3.05) is 50.7 Å². The number of rotatable bonds is 9. The standard InChI is InChI=1S/C24H29N3O6/c1-31-14-15-32-24(30)26-20-7-5-6-19(16-20)25-23(29)18-10-12-27(13-11-18)22(28)17-33-21-8-3-2-4-9-21/h2-9,16,18H,10-15,17H2,1H3,(H,25,29)(H,26,30). The summed E-state index contributed by atoms with van der Waals surface area (Å²) in [5.41, 5.74) is 1.08. The maximum Gasteiger partial charge on any atom is 0.411 e. The number of para-hydroxylation sites is 1. The normalized spacial score (nSPS) is 13.8. The summed E-state index contributed by atoms with van der Waals surface area (Å²) in [5, 5.41) is 5.50. The van der Waals surface area contributed by atoms with Crippen LogP contribution in [0.3, 0.4) is 0 Å². The molecule has 0 aromatic heterocycles. The molecule has 1 heterocycles. The van der Waals surface area contributed by atoms with E-state index in [0.717, 1.165) is 0 Å². The Hall–Kier alpha value is -3.59. The molecule has 1 aliphatic heterocycles. The lowest BCUT2D eigenvalue weighted by atomic mass is 9.95. The van der Waals surface area contributed by atoms with Gasteiger partial charge in [0.05, 0.1) is 6.61 Å². The minimum atomic E-state index is -0.594. The Morgan fingerprint density at radius 2 is 1.64 bits per heavy atom. The largest absolute Gasteiger partial charge is 0.484 e. The highest BCUT2D eigenvalue weighted by Crippen LogP contribution is 2.21. The number of piperidine rings is 1. The molecule has 3 amide bonds. The number of anilines is 2. The summed E-state index contributed by atoms with van der Waals surface area (Å²) in [6.07, 6.45) is 0.558. The molecule has 1 fully saturated rings. The molecule has 0 aliphatic carbocycles. The van der Waals surface area contributed by atoms with Crippen LogP contribution in [0.2, 0.25) is 0 Å². The smallest absolute Gasteiger partial charge is 0.411 e. The summed E-state index contributed by atoms with van der Waals surface area (Å²) in [5.74, 6) is 0.260. The Morgan fingerprint density at radius 3 is 2.33 bits per heavy atom. The fourth-order valence-corrected chi connectivity index (χ4v) is 3.43. The maximum atomic E-state index is 12.7. The molecule has 2 N–H and O–H groups in total. The van der Waals surface area contributed by atoms with Gasteiger partial charge in [-0.1, -0.05) is 24.3 Å². The van der Waals surface area contributed by atoms with Crippen LogP contribution >= 0.6 is 0 Å². The van der Waals surface area contributed by atoms with E-state index >= 15 is 0 Å². The van der Waals surface area contributed by atoms with Crippen LogP contribution in [0, 0.1) is 5.92 Å². The molecule has 176 valence electrons. The Labute approximate surface area is 193 Å². The Kier molecular flexibility index (Phi) is 9.08. The third-order valence-electron chi connectivity index (χ3n) is 5.22. The number of benzene rings is 2. The van der Waals surface area contributed by atoms with Crippen LogP contribution in [0.15, 0.2) is 54.6 Å². The van der Waals surface area contributed by atoms with Gasteiger partial charge in [-0.3, -0.25) is 14.9 Å². The van der Waals surface area contributed by atoms with E-state index in [4.69, 9.17) is 14.2 Å². The van der Waals surface area contributed by atoms with E-state index < -0.39 is 6.09 Å². The van der Waals surface area contributed by atoms with Gasteiger partial charge >= 0.3 is 6.09 Å². The van der Waals surface area contributed by atoms with Gasteiger partial charge in [0.2, 0.25) is 5.91 Å². The number of hydrogen-bond donors (Lipinski definition) is 2. The van der Waals surface area contributed by atoms with E-state index in [0.29, 0.717) is 49.7 Å². The summed E-state index contributed by atoms with van der Waals surface area (Å²) in [6, 6.07) is 16.0. The Balaban J connectivity index is 1.42. The number of carbonyl (C=O) groups is 3. The van der Waals surface area contributed by atoms with E-state index in [1.165, 1.54) is 7.11 Å². The topological polar surface area (TPSA) is 106 Å². The molecule has 9 nitrogen and oxygen atoms in total. The van der Waals surface area contributed by atoms with Crippen molar-refractivity contribution in [1.82, 2.24) is 4.90 Å². The van der Waals surface area contributed by atoms with Crippen molar-refractivity contribution < 1.29 is 28.6 Å². The van der Waals surface area contributed by atoms with Crippen LogP contribution in [0.4, 0.5) is 16.2 Å². The van der Waals surface area contributed by atoms with Gasteiger partial charge in [-0.2, -0.15) is 0 Å². The van der Waals surface area contributed by atoms with Gasteiger partial charge in [0.25, 0.3) is 5.91 Å². The van der Waals surface area contributed by atoms with Crippen molar-refractivity contribution in [3.05, 3.63) is 54.6 Å². The molecule has 2 aromatic carbocycles. The molecule has 0 atom stereocenters. The van der Waals surface area contributed by atoms with Gasteiger partial charge in [0.15, 0.2) is 6.61 Å². The first-order valence-corrected chi connectivity index (χ1v) is 10.8. The van der Waals surface area contributed by atoms with Gasteiger partial charge < -0.3 is 24.4 Å². The minimum Gasteiger partial charge on any atom is -0.484 e. The van der Waals surface area contributed by atoms with Crippen LogP contribution < -0.4 is 15.4 Å². The molecule has 2 aromatic rings. The predicted molar refractivity (Wildman–Crippen MR) is 123 cm³/mol. The first kappa shape index (κ1) is 24.1. The number of hydrogen-bond acceptors (Lipinski definition) is 6. The highest BCUT2D eigenvalue weighted by atomic mass is 16.6. The average Bonchev–Trinajstić information content (AvgIpc) is 2.83. The van der Waals surface area contributed by atoms with E-state index in [2.05, 4.69) is 10.6 Å². The number of methoxy groups -OCH3 is 1. The lowest BCUT2D eigenvalue weighted by molar-refractivity contribution is -0.136. The average molecular weight is 456 g/mol.